The molecule has 1 atom stereocenters. The first-order chi connectivity index (χ1) is 8.60. The number of hydrogen-bond donors (Lipinski definition) is 2. The lowest BCUT2D eigenvalue weighted by Crippen LogP contribution is -2.35. The van der Waals surface area contributed by atoms with Gasteiger partial charge < -0.3 is 20.5 Å². The Hall–Kier alpha value is -1.75. The third kappa shape index (κ3) is 3.63. The number of rotatable bonds is 6. The Morgan fingerprint density at radius 3 is 2.83 bits per heavy atom. The molecule has 100 valence electrons. The van der Waals surface area contributed by atoms with E-state index < -0.39 is 0 Å². The maximum atomic E-state index is 12.1. The number of nitrogens with one attached hydrogen (secondary N) is 1. The molecule has 1 aromatic carbocycles. The van der Waals surface area contributed by atoms with E-state index in [0.29, 0.717) is 30.2 Å². The SMILES string of the molecule is CCOc1c(N)cccc1C(=O)NC(C)COC. The van der Waals surface area contributed by atoms with Crippen molar-refractivity contribution in [3.8, 4) is 5.75 Å². The largest absolute Gasteiger partial charge is 0.491 e. The van der Waals surface area contributed by atoms with Crippen molar-refractivity contribution in [2.45, 2.75) is 19.9 Å². The zero-order chi connectivity index (χ0) is 13.5. The summed E-state index contributed by atoms with van der Waals surface area (Å²) in [6.07, 6.45) is 0. The number of carbonyl (C=O) groups is 1. The number of anilines is 1. The van der Waals surface area contributed by atoms with Crippen LogP contribution in [0.2, 0.25) is 0 Å². The number of hydrogen-bond acceptors (Lipinski definition) is 4. The molecule has 18 heavy (non-hydrogen) atoms. The highest BCUT2D eigenvalue weighted by molar-refractivity contribution is 5.98. The number of methoxy groups -OCH3 is 1. The number of ether oxygens (including phenoxy) is 2. The van der Waals surface area contributed by atoms with Crippen LogP contribution in [0.5, 0.6) is 5.75 Å². The predicted molar refractivity (Wildman–Crippen MR) is 70.8 cm³/mol. The van der Waals surface area contributed by atoms with Crippen LogP contribution in [0.15, 0.2) is 18.2 Å². The third-order valence-corrected chi connectivity index (χ3v) is 2.37. The number of amides is 1. The predicted octanol–water partition coefficient (Wildman–Crippen LogP) is 1.43. The van der Waals surface area contributed by atoms with Crippen LogP contribution in [0.3, 0.4) is 0 Å². The maximum absolute atomic E-state index is 12.1. The van der Waals surface area contributed by atoms with Gasteiger partial charge in [-0.1, -0.05) is 6.07 Å². The summed E-state index contributed by atoms with van der Waals surface area (Å²) in [6, 6.07) is 5.06. The van der Waals surface area contributed by atoms with Gasteiger partial charge in [0.1, 0.15) is 0 Å². The molecule has 0 spiro atoms. The van der Waals surface area contributed by atoms with Gasteiger partial charge in [0.15, 0.2) is 5.75 Å². The maximum Gasteiger partial charge on any atom is 0.255 e. The van der Waals surface area contributed by atoms with Crippen molar-refractivity contribution < 1.29 is 14.3 Å². The molecule has 0 saturated carbocycles. The molecule has 1 aromatic rings. The molecular weight excluding hydrogens is 232 g/mol. The fourth-order valence-electron chi connectivity index (χ4n) is 1.63. The first kappa shape index (κ1) is 14.3. The highest BCUT2D eigenvalue weighted by atomic mass is 16.5. The van der Waals surface area contributed by atoms with Crippen molar-refractivity contribution in [2.24, 2.45) is 0 Å². The van der Waals surface area contributed by atoms with Gasteiger partial charge in [0.05, 0.1) is 24.5 Å². The lowest BCUT2D eigenvalue weighted by atomic mass is 10.1. The highest BCUT2D eigenvalue weighted by Gasteiger charge is 2.16. The normalized spacial score (nSPS) is 11.9. The smallest absolute Gasteiger partial charge is 0.255 e. The molecule has 5 heteroatoms. The Morgan fingerprint density at radius 1 is 1.50 bits per heavy atom. The molecule has 1 unspecified atom stereocenters. The standard InChI is InChI=1S/C13H20N2O3/c1-4-18-12-10(6-5-7-11(12)14)13(16)15-9(2)8-17-3/h5-7,9H,4,8,14H2,1-3H3,(H,15,16). The third-order valence-electron chi connectivity index (χ3n) is 2.37. The van der Waals surface area contributed by atoms with Gasteiger partial charge in [-0.25, -0.2) is 0 Å². The number of nitrogens with two attached hydrogens (primary N) is 1. The molecule has 0 aromatic heterocycles. The van der Waals surface area contributed by atoms with Crippen molar-refractivity contribution in [3.63, 3.8) is 0 Å². The van der Waals surface area contributed by atoms with E-state index in [1.807, 2.05) is 13.8 Å². The summed E-state index contributed by atoms with van der Waals surface area (Å²) in [4.78, 5) is 12.1. The Morgan fingerprint density at radius 2 is 2.22 bits per heavy atom. The zero-order valence-corrected chi connectivity index (χ0v) is 11.0. The second kappa shape index (κ2) is 6.86. The van der Waals surface area contributed by atoms with Gasteiger partial charge in [-0.15, -0.1) is 0 Å². The van der Waals surface area contributed by atoms with Gasteiger partial charge in [0.2, 0.25) is 0 Å². The van der Waals surface area contributed by atoms with E-state index in [4.69, 9.17) is 15.2 Å². The molecule has 0 aliphatic rings. The van der Waals surface area contributed by atoms with Crippen LogP contribution >= 0.6 is 0 Å². The van der Waals surface area contributed by atoms with Crippen molar-refractivity contribution in [1.82, 2.24) is 5.32 Å². The fourth-order valence-corrected chi connectivity index (χ4v) is 1.63. The summed E-state index contributed by atoms with van der Waals surface area (Å²) >= 11 is 0. The molecule has 0 radical (unpaired) electrons. The molecule has 0 aliphatic heterocycles. The van der Waals surface area contributed by atoms with E-state index in [1.165, 1.54) is 0 Å². The minimum atomic E-state index is -0.213. The monoisotopic (exact) mass is 252 g/mol. The van der Waals surface area contributed by atoms with Gasteiger partial charge in [0, 0.05) is 13.2 Å². The van der Waals surface area contributed by atoms with Crippen LogP contribution in [-0.4, -0.2) is 32.3 Å². The van der Waals surface area contributed by atoms with Crippen molar-refractivity contribution in [2.75, 3.05) is 26.1 Å². The number of para-hydroxylation sites is 1. The van der Waals surface area contributed by atoms with Crippen molar-refractivity contribution in [3.05, 3.63) is 23.8 Å². The quantitative estimate of drug-likeness (QED) is 0.751. The first-order valence-corrected chi connectivity index (χ1v) is 5.91. The molecule has 0 fully saturated rings. The molecule has 1 rings (SSSR count). The minimum Gasteiger partial charge on any atom is -0.491 e. The molecule has 5 nitrogen and oxygen atoms in total. The second-order valence-electron chi connectivity index (χ2n) is 3.99. The van der Waals surface area contributed by atoms with Crippen LogP contribution in [0.25, 0.3) is 0 Å². The lowest BCUT2D eigenvalue weighted by molar-refractivity contribution is 0.0902. The topological polar surface area (TPSA) is 73.6 Å². The zero-order valence-electron chi connectivity index (χ0n) is 11.0. The van der Waals surface area contributed by atoms with Crippen LogP contribution in [0, 0.1) is 0 Å². The minimum absolute atomic E-state index is 0.0709. The number of carbonyl (C=O) groups excluding carboxylic acids is 1. The summed E-state index contributed by atoms with van der Waals surface area (Å²) in [5.41, 5.74) is 6.71. The molecule has 1 amide bonds. The van der Waals surface area contributed by atoms with Gasteiger partial charge >= 0.3 is 0 Å². The highest BCUT2D eigenvalue weighted by Crippen LogP contribution is 2.26. The van der Waals surface area contributed by atoms with E-state index in [9.17, 15) is 4.79 Å². The Bertz CT molecular complexity index is 407. The van der Waals surface area contributed by atoms with E-state index in [0.717, 1.165) is 0 Å². The van der Waals surface area contributed by atoms with Crippen LogP contribution in [0.1, 0.15) is 24.2 Å². The Balaban J connectivity index is 2.87. The lowest BCUT2D eigenvalue weighted by Gasteiger charge is -2.16. The fraction of sp³-hybridized carbons (Fsp3) is 0.462. The molecular formula is C13H20N2O3. The number of nitrogen functional groups attached to an aromatic ring is 1. The molecule has 0 heterocycles. The van der Waals surface area contributed by atoms with Crippen molar-refractivity contribution in [1.29, 1.82) is 0 Å². The van der Waals surface area contributed by atoms with Gasteiger partial charge in [-0.2, -0.15) is 0 Å². The van der Waals surface area contributed by atoms with E-state index in [2.05, 4.69) is 5.32 Å². The molecule has 0 bridgehead atoms. The summed E-state index contributed by atoms with van der Waals surface area (Å²) in [5, 5.41) is 2.82. The van der Waals surface area contributed by atoms with Crippen LogP contribution in [0.4, 0.5) is 5.69 Å². The first-order valence-electron chi connectivity index (χ1n) is 5.91. The van der Waals surface area contributed by atoms with Crippen LogP contribution < -0.4 is 15.8 Å². The Kier molecular flexibility index (Phi) is 5.45. The molecule has 0 saturated heterocycles. The number of benzene rings is 1. The molecule has 3 N–H and O–H groups in total. The van der Waals surface area contributed by atoms with E-state index >= 15 is 0 Å². The van der Waals surface area contributed by atoms with Gasteiger partial charge in [0.25, 0.3) is 5.91 Å². The van der Waals surface area contributed by atoms with Gasteiger partial charge in [-0.3, -0.25) is 4.79 Å². The average molecular weight is 252 g/mol. The Labute approximate surface area is 107 Å². The second-order valence-corrected chi connectivity index (χ2v) is 3.99. The van der Waals surface area contributed by atoms with Crippen LogP contribution in [-0.2, 0) is 4.74 Å². The van der Waals surface area contributed by atoms with E-state index in [-0.39, 0.29) is 11.9 Å². The summed E-state index contributed by atoms with van der Waals surface area (Å²) in [6.45, 7) is 4.63. The summed E-state index contributed by atoms with van der Waals surface area (Å²) < 4.78 is 10.4. The van der Waals surface area contributed by atoms with Gasteiger partial charge in [-0.05, 0) is 26.0 Å². The average Bonchev–Trinajstić information content (AvgIpc) is 2.32. The van der Waals surface area contributed by atoms with Crippen molar-refractivity contribution >= 4 is 11.6 Å². The van der Waals surface area contributed by atoms with E-state index in [1.54, 1.807) is 25.3 Å². The molecule has 0 aliphatic carbocycles. The summed E-state index contributed by atoms with van der Waals surface area (Å²) in [5.74, 6) is 0.220. The summed E-state index contributed by atoms with van der Waals surface area (Å²) in [7, 11) is 1.59.